The molecule has 0 spiro atoms. The number of hydrogen-bond donors (Lipinski definition) is 1. The fourth-order valence-corrected chi connectivity index (χ4v) is 4.49. The third-order valence-electron chi connectivity index (χ3n) is 6.16. The van der Waals surface area contributed by atoms with Crippen LogP contribution in [0, 0.1) is 11.6 Å². The third-order valence-corrected chi connectivity index (χ3v) is 6.75. The van der Waals surface area contributed by atoms with Crippen molar-refractivity contribution in [3.8, 4) is 0 Å². The van der Waals surface area contributed by atoms with E-state index in [-0.39, 0.29) is 53.6 Å². The van der Waals surface area contributed by atoms with Crippen LogP contribution in [0.4, 0.5) is 20.4 Å². The molecule has 1 N–H and O–H groups in total. The summed E-state index contributed by atoms with van der Waals surface area (Å²) < 4.78 is 32.7. The van der Waals surface area contributed by atoms with Gasteiger partial charge in [-0.1, -0.05) is 23.2 Å². The molecule has 2 aromatic carbocycles. The standard InChI is InChI=1S/C25H22Cl2F2N10O3/c1-35(2)21(40)11-37-9-14-6-19(15(26)7-18(14)33-37)31-23-32-24(41)39(10-20-30-12-36(3)34-20)25(42)38(23)8-13-4-16(27)22(29)17(28)5-13/h4-7,9,12H,8,10-11H2,1-3H3,(H,31,32,41). The highest BCUT2D eigenvalue weighted by Crippen LogP contribution is 2.30. The van der Waals surface area contributed by atoms with Gasteiger partial charge in [0.15, 0.2) is 17.5 Å². The van der Waals surface area contributed by atoms with Crippen molar-refractivity contribution in [3.63, 3.8) is 0 Å². The van der Waals surface area contributed by atoms with Crippen molar-refractivity contribution < 1.29 is 13.6 Å². The Labute approximate surface area is 245 Å². The van der Waals surface area contributed by atoms with E-state index in [1.165, 1.54) is 20.6 Å². The molecule has 3 aromatic heterocycles. The van der Waals surface area contributed by atoms with E-state index in [1.807, 2.05) is 0 Å². The molecular formula is C25H22Cl2F2N10O3. The van der Waals surface area contributed by atoms with Crippen LogP contribution in [0.1, 0.15) is 11.4 Å². The van der Waals surface area contributed by atoms with Gasteiger partial charge in [0.05, 0.1) is 34.3 Å². The summed E-state index contributed by atoms with van der Waals surface area (Å²) in [6, 6.07) is 5.20. The van der Waals surface area contributed by atoms with Gasteiger partial charge in [0, 0.05) is 32.7 Å². The van der Waals surface area contributed by atoms with E-state index in [9.17, 15) is 23.2 Å². The number of fused-ring (bicyclic) bond motifs is 1. The summed E-state index contributed by atoms with van der Waals surface area (Å²) in [7, 11) is 4.89. The number of hydrogen-bond acceptors (Lipinski definition) is 8. The topological polar surface area (TPSA) is 138 Å². The Morgan fingerprint density at radius 2 is 1.79 bits per heavy atom. The first-order valence-corrected chi connectivity index (χ1v) is 13.0. The molecule has 0 fully saturated rings. The lowest BCUT2D eigenvalue weighted by Crippen LogP contribution is -2.43. The third kappa shape index (κ3) is 5.87. The molecule has 0 radical (unpaired) electrons. The van der Waals surface area contributed by atoms with Crippen LogP contribution >= 0.6 is 23.2 Å². The van der Waals surface area contributed by atoms with E-state index in [4.69, 9.17) is 23.2 Å². The van der Waals surface area contributed by atoms with Crippen LogP contribution < -0.4 is 16.7 Å². The highest BCUT2D eigenvalue weighted by molar-refractivity contribution is 6.34. The van der Waals surface area contributed by atoms with Gasteiger partial charge in [-0.2, -0.15) is 15.2 Å². The van der Waals surface area contributed by atoms with E-state index in [0.29, 0.717) is 10.9 Å². The summed E-state index contributed by atoms with van der Waals surface area (Å²) in [5.41, 5.74) is -0.868. The molecule has 0 atom stereocenters. The molecule has 17 heteroatoms. The Balaban J connectivity index is 1.58. The maximum absolute atomic E-state index is 14.1. The number of benzene rings is 2. The number of carbonyl (C=O) groups is 1. The molecule has 5 aromatic rings. The van der Waals surface area contributed by atoms with Crippen molar-refractivity contribution in [2.75, 3.05) is 19.4 Å². The van der Waals surface area contributed by atoms with Crippen molar-refractivity contribution in [1.82, 2.24) is 43.6 Å². The zero-order valence-electron chi connectivity index (χ0n) is 22.3. The smallest absolute Gasteiger partial charge is 0.347 e. The van der Waals surface area contributed by atoms with Gasteiger partial charge in [-0.25, -0.2) is 27.9 Å². The Kier molecular flexibility index (Phi) is 7.79. The lowest BCUT2D eigenvalue weighted by Gasteiger charge is -2.16. The number of carbonyl (C=O) groups excluding carboxylic acids is 1. The highest BCUT2D eigenvalue weighted by Gasteiger charge is 2.19. The molecule has 0 aliphatic carbocycles. The van der Waals surface area contributed by atoms with Crippen LogP contribution in [0.25, 0.3) is 10.9 Å². The predicted octanol–water partition coefficient (Wildman–Crippen LogP) is 2.40. The summed E-state index contributed by atoms with van der Waals surface area (Å²) in [6.07, 6.45) is 3.04. The van der Waals surface area contributed by atoms with Gasteiger partial charge in [0.1, 0.15) is 12.9 Å². The second kappa shape index (κ2) is 11.3. The van der Waals surface area contributed by atoms with Gasteiger partial charge < -0.3 is 10.2 Å². The van der Waals surface area contributed by atoms with Crippen LogP contribution in [0.2, 0.25) is 10.0 Å². The van der Waals surface area contributed by atoms with Crippen LogP contribution in [-0.4, -0.2) is 63.6 Å². The largest absolute Gasteiger partial charge is 0.355 e. The quantitative estimate of drug-likeness (QED) is 0.262. The average molecular weight is 619 g/mol. The zero-order valence-corrected chi connectivity index (χ0v) is 23.9. The van der Waals surface area contributed by atoms with Gasteiger partial charge in [-0.3, -0.25) is 18.7 Å². The molecular weight excluding hydrogens is 597 g/mol. The monoisotopic (exact) mass is 618 g/mol. The molecule has 0 bridgehead atoms. The maximum Gasteiger partial charge on any atom is 0.355 e. The number of nitrogens with zero attached hydrogens (tertiary/aromatic N) is 9. The number of aromatic nitrogens is 8. The first kappa shape index (κ1) is 28.9. The lowest BCUT2D eigenvalue weighted by molar-refractivity contribution is -0.129. The normalized spacial score (nSPS) is 11.3. The fourth-order valence-electron chi connectivity index (χ4n) is 4.06. The molecule has 218 valence electrons. The molecule has 1 amide bonds. The number of amides is 1. The Morgan fingerprint density at radius 3 is 2.45 bits per heavy atom. The summed E-state index contributed by atoms with van der Waals surface area (Å²) in [4.78, 5) is 48.2. The first-order valence-electron chi connectivity index (χ1n) is 12.2. The SMILES string of the molecule is CN(C)C(=O)Cn1cc2cc(Nc3nc(=O)n(Cc4ncn(C)n4)c(=O)n3Cc3cc(F)c(F)c(Cl)c3)c(Cl)cc2n1. The Bertz CT molecular complexity index is 1940. The van der Waals surface area contributed by atoms with Crippen LogP contribution in [0.15, 0.2) is 46.4 Å². The predicted molar refractivity (Wildman–Crippen MR) is 150 cm³/mol. The number of anilines is 2. The molecule has 5 rings (SSSR count). The number of nitrogens with one attached hydrogen (secondary N) is 1. The van der Waals surface area contributed by atoms with Gasteiger partial charge in [-0.05, 0) is 29.8 Å². The van der Waals surface area contributed by atoms with E-state index in [2.05, 4.69) is 25.5 Å². The minimum atomic E-state index is -1.23. The minimum Gasteiger partial charge on any atom is -0.347 e. The van der Waals surface area contributed by atoms with Crippen molar-refractivity contribution in [1.29, 1.82) is 0 Å². The summed E-state index contributed by atoms with van der Waals surface area (Å²) in [5, 5.41) is 11.6. The number of likely N-dealkylation sites (N-methyl/N-ethyl adjacent to an activating group) is 1. The second-order valence-electron chi connectivity index (χ2n) is 9.51. The number of halogens is 4. The number of aryl methyl sites for hydroxylation is 1. The van der Waals surface area contributed by atoms with Gasteiger partial charge >= 0.3 is 11.4 Å². The van der Waals surface area contributed by atoms with Gasteiger partial charge in [0.25, 0.3) is 0 Å². The van der Waals surface area contributed by atoms with Crippen LogP contribution in [0.3, 0.4) is 0 Å². The highest BCUT2D eigenvalue weighted by atomic mass is 35.5. The first-order chi connectivity index (χ1) is 19.9. The van der Waals surface area contributed by atoms with Crippen LogP contribution in [-0.2, 0) is 31.5 Å². The van der Waals surface area contributed by atoms with E-state index in [0.717, 1.165) is 21.3 Å². The zero-order chi connectivity index (χ0) is 30.3. The summed E-state index contributed by atoms with van der Waals surface area (Å²) in [6.45, 7) is -0.628. The van der Waals surface area contributed by atoms with E-state index >= 15 is 0 Å². The molecule has 0 aliphatic heterocycles. The molecule has 0 saturated carbocycles. The lowest BCUT2D eigenvalue weighted by atomic mass is 10.2. The second-order valence-corrected chi connectivity index (χ2v) is 10.3. The Hall–Kier alpha value is -4.63. The Morgan fingerprint density at radius 1 is 1.02 bits per heavy atom. The molecule has 3 heterocycles. The molecule has 42 heavy (non-hydrogen) atoms. The van der Waals surface area contributed by atoms with Crippen molar-refractivity contribution >= 4 is 51.6 Å². The van der Waals surface area contributed by atoms with Crippen molar-refractivity contribution in [3.05, 3.63) is 90.8 Å². The molecule has 0 aliphatic rings. The van der Waals surface area contributed by atoms with Crippen molar-refractivity contribution in [2.45, 2.75) is 19.6 Å². The maximum atomic E-state index is 14.1. The van der Waals surface area contributed by atoms with Gasteiger partial charge in [0.2, 0.25) is 11.9 Å². The van der Waals surface area contributed by atoms with Crippen molar-refractivity contribution in [2.24, 2.45) is 7.05 Å². The molecule has 0 unspecified atom stereocenters. The molecule has 13 nitrogen and oxygen atoms in total. The summed E-state index contributed by atoms with van der Waals surface area (Å²) >= 11 is 12.3. The van der Waals surface area contributed by atoms with E-state index in [1.54, 1.807) is 39.5 Å². The average Bonchev–Trinajstić information content (AvgIpc) is 3.51. The molecule has 0 saturated heterocycles. The summed E-state index contributed by atoms with van der Waals surface area (Å²) in [5.74, 6) is -2.66. The van der Waals surface area contributed by atoms with Crippen LogP contribution in [0.5, 0.6) is 0 Å². The van der Waals surface area contributed by atoms with E-state index < -0.39 is 28.0 Å². The van der Waals surface area contributed by atoms with Gasteiger partial charge in [-0.15, -0.1) is 0 Å². The number of rotatable bonds is 8. The minimum absolute atomic E-state index is 0.00328. The fraction of sp³-hybridized carbons (Fsp3) is 0.240.